The molecule has 1 aliphatic rings. The zero-order valence-electron chi connectivity index (χ0n) is 12.7. The maximum absolute atomic E-state index is 5.66. The Bertz CT molecular complexity index is 419. The summed E-state index contributed by atoms with van der Waals surface area (Å²) in [7, 11) is 1.82. The maximum Gasteiger partial charge on any atom is 0.191 e. The third-order valence-electron chi connectivity index (χ3n) is 3.38. The van der Waals surface area contributed by atoms with Gasteiger partial charge in [0.1, 0.15) is 0 Å². The molecule has 1 saturated heterocycles. The quantitative estimate of drug-likeness (QED) is 0.481. The predicted molar refractivity (Wildman–Crippen MR) is 90.9 cm³/mol. The molecule has 116 valence electrons. The lowest BCUT2D eigenvalue weighted by Gasteiger charge is -2.24. The van der Waals surface area contributed by atoms with Crippen molar-refractivity contribution in [3.05, 3.63) is 35.9 Å². The van der Waals surface area contributed by atoms with Crippen LogP contribution < -0.4 is 10.6 Å². The number of thioether (sulfide) groups is 1. The summed E-state index contributed by atoms with van der Waals surface area (Å²) in [5.41, 5.74) is 1.21. The van der Waals surface area contributed by atoms with Crippen molar-refractivity contribution in [3.8, 4) is 0 Å². The Morgan fingerprint density at radius 1 is 1.38 bits per heavy atom. The summed E-state index contributed by atoms with van der Waals surface area (Å²) < 4.78 is 5.66. The molecule has 21 heavy (non-hydrogen) atoms. The molecule has 1 fully saturated rings. The molecule has 1 unspecified atom stereocenters. The summed E-state index contributed by atoms with van der Waals surface area (Å²) in [6, 6.07) is 10.8. The molecular formula is C16H25N3OS. The van der Waals surface area contributed by atoms with Crippen LogP contribution in [0.5, 0.6) is 0 Å². The highest BCUT2D eigenvalue weighted by atomic mass is 32.2. The minimum Gasteiger partial charge on any atom is -0.375 e. The van der Waals surface area contributed by atoms with Crippen molar-refractivity contribution < 1.29 is 4.74 Å². The Morgan fingerprint density at radius 2 is 2.24 bits per heavy atom. The molecule has 5 heteroatoms. The van der Waals surface area contributed by atoms with Crippen molar-refractivity contribution in [2.75, 3.05) is 31.7 Å². The number of guanidine groups is 1. The predicted octanol–water partition coefficient (Wildman–Crippen LogP) is 2.26. The summed E-state index contributed by atoms with van der Waals surface area (Å²) >= 11 is 2.02. The standard InChI is InChI=1S/C16H25N3OS/c1-17-16(19-15-8-5-11-21-13-15)18-9-10-20-12-14-6-3-2-4-7-14/h2-4,6-7,15H,5,8-13H2,1H3,(H2,17,18,19). The first-order valence-corrected chi connectivity index (χ1v) is 8.70. The fourth-order valence-corrected chi connectivity index (χ4v) is 3.32. The van der Waals surface area contributed by atoms with E-state index >= 15 is 0 Å². The lowest BCUT2D eigenvalue weighted by Crippen LogP contribution is -2.46. The SMILES string of the molecule is CN=C(NCCOCc1ccccc1)NC1CCCSC1. The van der Waals surface area contributed by atoms with Gasteiger partial charge in [-0.05, 0) is 24.2 Å². The second-order valence-electron chi connectivity index (χ2n) is 5.10. The normalized spacial score (nSPS) is 19.3. The Hall–Kier alpha value is -1.20. The number of ether oxygens (including phenoxy) is 1. The van der Waals surface area contributed by atoms with Gasteiger partial charge in [0, 0.05) is 25.4 Å². The monoisotopic (exact) mass is 307 g/mol. The third kappa shape index (κ3) is 6.40. The lowest BCUT2D eigenvalue weighted by atomic mass is 10.2. The fourth-order valence-electron chi connectivity index (χ4n) is 2.25. The average Bonchev–Trinajstić information content (AvgIpc) is 2.55. The molecule has 0 amide bonds. The van der Waals surface area contributed by atoms with Crippen LogP contribution >= 0.6 is 11.8 Å². The first kappa shape index (κ1) is 16.2. The molecule has 1 heterocycles. The molecule has 1 aromatic rings. The molecule has 0 aromatic heterocycles. The van der Waals surface area contributed by atoms with Gasteiger partial charge in [-0.3, -0.25) is 4.99 Å². The first-order chi connectivity index (χ1) is 10.4. The summed E-state index contributed by atoms with van der Waals surface area (Å²) in [5.74, 6) is 3.34. The molecule has 0 radical (unpaired) electrons. The van der Waals surface area contributed by atoms with E-state index < -0.39 is 0 Å². The summed E-state index contributed by atoms with van der Waals surface area (Å²) in [5, 5.41) is 6.78. The molecule has 2 rings (SSSR count). The zero-order valence-corrected chi connectivity index (χ0v) is 13.5. The van der Waals surface area contributed by atoms with Crippen LogP contribution in [0, 0.1) is 0 Å². The number of hydrogen-bond donors (Lipinski definition) is 2. The highest BCUT2D eigenvalue weighted by Gasteiger charge is 2.14. The van der Waals surface area contributed by atoms with Gasteiger partial charge >= 0.3 is 0 Å². The zero-order chi connectivity index (χ0) is 14.8. The van der Waals surface area contributed by atoms with E-state index in [1.165, 1.54) is 29.9 Å². The highest BCUT2D eigenvalue weighted by molar-refractivity contribution is 7.99. The smallest absolute Gasteiger partial charge is 0.191 e. The summed E-state index contributed by atoms with van der Waals surface area (Å²) in [6.07, 6.45) is 2.53. The molecule has 4 nitrogen and oxygen atoms in total. The van der Waals surface area contributed by atoms with Crippen molar-refractivity contribution in [2.24, 2.45) is 4.99 Å². The van der Waals surface area contributed by atoms with Gasteiger partial charge in [-0.1, -0.05) is 30.3 Å². The molecule has 2 N–H and O–H groups in total. The van der Waals surface area contributed by atoms with Gasteiger partial charge in [0.15, 0.2) is 5.96 Å². The molecule has 0 aliphatic carbocycles. The molecule has 0 saturated carbocycles. The van der Waals surface area contributed by atoms with Crippen molar-refractivity contribution >= 4 is 17.7 Å². The Kier molecular flexibility index (Phi) is 7.46. The number of aliphatic imine (C=N–C) groups is 1. The second-order valence-corrected chi connectivity index (χ2v) is 6.25. The summed E-state index contributed by atoms with van der Waals surface area (Å²) in [4.78, 5) is 4.27. The number of nitrogens with zero attached hydrogens (tertiary/aromatic N) is 1. The van der Waals surface area contributed by atoms with Crippen LogP contribution in [0.15, 0.2) is 35.3 Å². The van der Waals surface area contributed by atoms with E-state index in [-0.39, 0.29) is 0 Å². The van der Waals surface area contributed by atoms with E-state index in [0.717, 1.165) is 12.5 Å². The largest absolute Gasteiger partial charge is 0.375 e. The van der Waals surface area contributed by atoms with E-state index in [9.17, 15) is 0 Å². The highest BCUT2D eigenvalue weighted by Crippen LogP contribution is 2.16. The Labute approximate surface area is 131 Å². The van der Waals surface area contributed by atoms with Crippen molar-refractivity contribution in [2.45, 2.75) is 25.5 Å². The van der Waals surface area contributed by atoms with Gasteiger partial charge in [-0.2, -0.15) is 11.8 Å². The minimum atomic E-state index is 0.542. The average molecular weight is 307 g/mol. The molecule has 1 aliphatic heterocycles. The molecule has 1 atom stereocenters. The van der Waals surface area contributed by atoms with Gasteiger partial charge in [0.05, 0.1) is 13.2 Å². The Balaban J connectivity index is 1.58. The number of hydrogen-bond acceptors (Lipinski definition) is 3. The molecule has 0 bridgehead atoms. The van der Waals surface area contributed by atoms with Crippen LogP contribution in [0.25, 0.3) is 0 Å². The third-order valence-corrected chi connectivity index (χ3v) is 4.59. The van der Waals surface area contributed by atoms with Crippen LogP contribution in [0.3, 0.4) is 0 Å². The van der Waals surface area contributed by atoms with Gasteiger partial charge in [0.2, 0.25) is 0 Å². The van der Waals surface area contributed by atoms with E-state index in [4.69, 9.17) is 4.74 Å². The van der Waals surface area contributed by atoms with Crippen LogP contribution in [0.4, 0.5) is 0 Å². The maximum atomic E-state index is 5.66. The summed E-state index contributed by atoms with van der Waals surface area (Å²) in [6.45, 7) is 2.11. The Morgan fingerprint density at radius 3 is 2.95 bits per heavy atom. The fraction of sp³-hybridized carbons (Fsp3) is 0.562. The van der Waals surface area contributed by atoms with E-state index in [2.05, 4.69) is 27.8 Å². The van der Waals surface area contributed by atoms with E-state index in [0.29, 0.717) is 19.3 Å². The lowest BCUT2D eigenvalue weighted by molar-refractivity contribution is 0.125. The van der Waals surface area contributed by atoms with Crippen molar-refractivity contribution in [3.63, 3.8) is 0 Å². The topological polar surface area (TPSA) is 45.7 Å². The van der Waals surface area contributed by atoms with Crippen LogP contribution in [-0.4, -0.2) is 43.7 Å². The van der Waals surface area contributed by atoms with Crippen molar-refractivity contribution in [1.82, 2.24) is 10.6 Å². The molecule has 1 aromatic carbocycles. The van der Waals surface area contributed by atoms with Gasteiger partial charge in [-0.25, -0.2) is 0 Å². The number of benzene rings is 1. The second kappa shape index (κ2) is 9.68. The number of nitrogens with one attached hydrogen (secondary N) is 2. The van der Waals surface area contributed by atoms with Gasteiger partial charge in [0.25, 0.3) is 0 Å². The van der Waals surface area contributed by atoms with Gasteiger partial charge in [-0.15, -0.1) is 0 Å². The molecule has 0 spiro atoms. The van der Waals surface area contributed by atoms with Crippen LogP contribution in [-0.2, 0) is 11.3 Å². The van der Waals surface area contributed by atoms with Crippen LogP contribution in [0.2, 0.25) is 0 Å². The van der Waals surface area contributed by atoms with Crippen molar-refractivity contribution in [1.29, 1.82) is 0 Å². The molecular weight excluding hydrogens is 282 g/mol. The minimum absolute atomic E-state index is 0.542. The van der Waals surface area contributed by atoms with E-state index in [1.54, 1.807) is 0 Å². The van der Waals surface area contributed by atoms with E-state index in [1.807, 2.05) is 37.0 Å². The first-order valence-electron chi connectivity index (χ1n) is 7.55. The number of rotatable bonds is 6. The van der Waals surface area contributed by atoms with Crippen LogP contribution in [0.1, 0.15) is 18.4 Å². The van der Waals surface area contributed by atoms with Gasteiger partial charge < -0.3 is 15.4 Å².